The number of nitrogens with one attached hydrogen (secondary N) is 1. The second kappa shape index (κ2) is 12.3. The van der Waals surface area contributed by atoms with Crippen molar-refractivity contribution in [3.63, 3.8) is 0 Å². The van der Waals surface area contributed by atoms with Gasteiger partial charge in [-0.2, -0.15) is 18.2 Å². The Morgan fingerprint density at radius 2 is 1.80 bits per heavy atom. The first kappa shape index (κ1) is 30.2. The molecule has 0 bridgehead atoms. The fourth-order valence-corrected chi connectivity index (χ4v) is 5.32. The zero-order valence-electron chi connectivity index (χ0n) is 25.1. The maximum atomic E-state index is 14.1. The van der Waals surface area contributed by atoms with Gasteiger partial charge < -0.3 is 19.5 Å². The highest BCUT2D eigenvalue weighted by atomic mass is 19.4. The van der Waals surface area contributed by atoms with E-state index in [0.29, 0.717) is 52.8 Å². The number of carbonyl (C=O) groups is 1. The van der Waals surface area contributed by atoms with Crippen LogP contribution in [0.2, 0.25) is 0 Å². The van der Waals surface area contributed by atoms with Gasteiger partial charge in [0.25, 0.3) is 5.91 Å². The number of aryl methyl sites for hydroxylation is 2. The number of hydrogen-bond acceptors (Lipinski definition) is 7. The molecule has 12 heteroatoms. The third kappa shape index (κ3) is 6.66. The van der Waals surface area contributed by atoms with Gasteiger partial charge in [-0.3, -0.25) is 14.7 Å². The van der Waals surface area contributed by atoms with Crippen LogP contribution in [0, 0.1) is 6.92 Å². The number of piperazine rings is 1. The topological polar surface area (TPSA) is 88.4 Å². The smallest absolute Gasteiger partial charge is 0.416 e. The second-order valence-corrected chi connectivity index (χ2v) is 11.2. The molecule has 6 rings (SSSR count). The zero-order chi connectivity index (χ0) is 31.7. The normalized spacial score (nSPS) is 14.5. The molecule has 1 aliphatic rings. The van der Waals surface area contributed by atoms with E-state index in [9.17, 15) is 18.0 Å². The largest absolute Gasteiger partial charge is 0.437 e. The van der Waals surface area contributed by atoms with Crippen molar-refractivity contribution in [2.24, 2.45) is 7.05 Å². The first-order valence-corrected chi connectivity index (χ1v) is 14.5. The molecule has 2 aromatic carbocycles. The summed E-state index contributed by atoms with van der Waals surface area (Å²) in [6, 6.07) is 14.4. The van der Waals surface area contributed by atoms with E-state index in [0.717, 1.165) is 24.7 Å². The molecule has 9 nitrogen and oxygen atoms in total. The Kier molecular flexibility index (Phi) is 8.26. The lowest BCUT2D eigenvalue weighted by Crippen LogP contribution is -2.44. The van der Waals surface area contributed by atoms with E-state index in [1.807, 2.05) is 41.9 Å². The fourth-order valence-electron chi connectivity index (χ4n) is 5.32. The van der Waals surface area contributed by atoms with E-state index in [1.54, 1.807) is 43.6 Å². The van der Waals surface area contributed by atoms with Crippen LogP contribution in [0.3, 0.4) is 0 Å². The number of aromatic nitrogens is 4. The average molecular weight is 616 g/mol. The number of likely N-dealkylation sites (N-methyl/N-ethyl adjacent to an activating group) is 1. The predicted octanol–water partition coefficient (Wildman–Crippen LogP) is 6.15. The van der Waals surface area contributed by atoms with Crippen molar-refractivity contribution in [2.45, 2.75) is 19.6 Å². The maximum absolute atomic E-state index is 14.1. The van der Waals surface area contributed by atoms with Gasteiger partial charge in [-0.15, -0.1) is 0 Å². The van der Waals surface area contributed by atoms with Crippen LogP contribution in [-0.2, 0) is 19.8 Å². The Morgan fingerprint density at radius 1 is 1.00 bits per heavy atom. The first-order chi connectivity index (χ1) is 21.5. The highest BCUT2D eigenvalue weighted by Gasteiger charge is 2.34. The number of carbonyl (C=O) groups excluding carboxylic acids is 1. The lowest BCUT2D eigenvalue weighted by molar-refractivity contribution is -0.138. The maximum Gasteiger partial charge on any atom is 0.416 e. The lowest BCUT2D eigenvalue weighted by Gasteiger charge is -2.33. The Balaban J connectivity index is 1.25. The lowest BCUT2D eigenvalue weighted by atomic mass is 10.0. The monoisotopic (exact) mass is 615 g/mol. The number of fused-ring (bicyclic) bond motifs is 1. The molecule has 0 spiro atoms. The number of nitrogens with zero attached hydrogens (tertiary/aromatic N) is 6. The number of halogens is 3. The summed E-state index contributed by atoms with van der Waals surface area (Å²) in [4.78, 5) is 30.9. The van der Waals surface area contributed by atoms with Crippen molar-refractivity contribution in [3.8, 4) is 23.0 Å². The molecule has 0 radical (unpaired) electrons. The molecule has 0 unspecified atom stereocenters. The molecular formula is C33H32F3N7O2. The fraction of sp³-hybridized carbons (Fsp3) is 0.273. The molecule has 1 N–H and O–H groups in total. The van der Waals surface area contributed by atoms with Crippen LogP contribution in [0.5, 0.6) is 11.6 Å². The quantitative estimate of drug-likeness (QED) is 0.235. The van der Waals surface area contributed by atoms with E-state index in [2.05, 4.69) is 25.2 Å². The van der Waals surface area contributed by atoms with Crippen molar-refractivity contribution in [3.05, 3.63) is 95.4 Å². The molecule has 0 saturated carbocycles. The Labute approximate surface area is 258 Å². The summed E-state index contributed by atoms with van der Waals surface area (Å²) in [5.74, 6) is 0.470. The number of anilines is 1. The van der Waals surface area contributed by atoms with Crippen LogP contribution in [0.1, 0.15) is 27.0 Å². The van der Waals surface area contributed by atoms with Gasteiger partial charge in [-0.1, -0.05) is 12.1 Å². The SMILES string of the molecule is Cc1ccc(Oc2nc(-c3cccnc3)nc3ccn(C)c23)cc1NC(=O)c1ccc(CN2CCN(C)CC2)c(C(F)(F)F)c1. The van der Waals surface area contributed by atoms with Crippen LogP contribution >= 0.6 is 0 Å². The Hall–Kier alpha value is -4.81. The van der Waals surface area contributed by atoms with E-state index < -0.39 is 17.6 Å². The van der Waals surface area contributed by atoms with Crippen molar-refractivity contribution in [1.29, 1.82) is 0 Å². The molecule has 4 heterocycles. The number of hydrogen-bond donors (Lipinski definition) is 1. The number of benzene rings is 2. The first-order valence-electron chi connectivity index (χ1n) is 14.5. The minimum atomic E-state index is -4.60. The average Bonchev–Trinajstić information content (AvgIpc) is 3.40. The van der Waals surface area contributed by atoms with Gasteiger partial charge in [0.2, 0.25) is 5.88 Å². The van der Waals surface area contributed by atoms with Crippen molar-refractivity contribution < 1.29 is 22.7 Å². The van der Waals surface area contributed by atoms with Crippen LogP contribution in [0.4, 0.5) is 18.9 Å². The molecule has 45 heavy (non-hydrogen) atoms. The van der Waals surface area contributed by atoms with Crippen molar-refractivity contribution in [1.82, 2.24) is 29.3 Å². The van der Waals surface area contributed by atoms with Gasteiger partial charge in [0, 0.05) is 81.2 Å². The summed E-state index contributed by atoms with van der Waals surface area (Å²) in [5.41, 5.74) is 2.44. The standard InChI is InChI=1S/C33H32F3N7O2/c1-21-6-9-25(45-32-29-27(10-12-42(29)3)38-30(40-32)23-5-4-11-37-19-23)18-28(21)39-31(44)22-7-8-24(26(17-22)33(34,35)36)20-43-15-13-41(2)14-16-43/h4-12,17-19H,13-16,20H2,1-3H3,(H,39,44). The number of rotatable bonds is 7. The predicted molar refractivity (Wildman–Crippen MR) is 165 cm³/mol. The third-order valence-corrected chi connectivity index (χ3v) is 7.95. The van der Waals surface area contributed by atoms with Crippen LogP contribution < -0.4 is 10.1 Å². The van der Waals surface area contributed by atoms with Crippen LogP contribution in [-0.4, -0.2) is 68.5 Å². The highest BCUT2D eigenvalue weighted by Crippen LogP contribution is 2.35. The molecular weight excluding hydrogens is 583 g/mol. The van der Waals surface area contributed by atoms with E-state index >= 15 is 0 Å². The zero-order valence-corrected chi connectivity index (χ0v) is 25.1. The summed E-state index contributed by atoms with van der Waals surface area (Å²) < 4.78 is 50.4. The van der Waals surface area contributed by atoms with Gasteiger partial charge >= 0.3 is 6.18 Å². The van der Waals surface area contributed by atoms with Gasteiger partial charge in [0.05, 0.1) is 11.1 Å². The Bertz CT molecular complexity index is 1850. The summed E-state index contributed by atoms with van der Waals surface area (Å²) in [7, 11) is 3.85. The minimum Gasteiger partial charge on any atom is -0.437 e. The molecule has 0 atom stereocenters. The Morgan fingerprint density at radius 3 is 2.53 bits per heavy atom. The highest BCUT2D eigenvalue weighted by molar-refractivity contribution is 6.05. The minimum absolute atomic E-state index is 0.0856. The molecule has 3 aromatic heterocycles. The molecule has 1 saturated heterocycles. The van der Waals surface area contributed by atoms with Gasteiger partial charge in [0.1, 0.15) is 11.3 Å². The van der Waals surface area contributed by atoms with E-state index in [4.69, 9.17) is 4.74 Å². The second-order valence-electron chi connectivity index (χ2n) is 11.2. The van der Waals surface area contributed by atoms with Crippen molar-refractivity contribution in [2.75, 3.05) is 38.5 Å². The van der Waals surface area contributed by atoms with Crippen LogP contribution in [0.25, 0.3) is 22.4 Å². The third-order valence-electron chi connectivity index (χ3n) is 7.95. The number of alkyl halides is 3. The van der Waals surface area contributed by atoms with E-state index in [-0.39, 0.29) is 17.7 Å². The summed E-state index contributed by atoms with van der Waals surface area (Å²) >= 11 is 0. The molecule has 1 aliphatic heterocycles. The molecule has 232 valence electrons. The molecule has 5 aromatic rings. The number of amides is 1. The molecule has 0 aliphatic carbocycles. The molecule has 1 fully saturated rings. The summed E-state index contributed by atoms with van der Waals surface area (Å²) in [5, 5.41) is 2.77. The van der Waals surface area contributed by atoms with Crippen molar-refractivity contribution >= 4 is 22.6 Å². The van der Waals surface area contributed by atoms with E-state index in [1.165, 1.54) is 12.1 Å². The summed E-state index contributed by atoms with van der Waals surface area (Å²) in [6.07, 6.45) is 0.579. The number of ether oxygens (including phenoxy) is 1. The van der Waals surface area contributed by atoms with Gasteiger partial charge in [-0.05, 0) is 61.5 Å². The molecule has 1 amide bonds. The number of pyridine rings is 1. The van der Waals surface area contributed by atoms with Crippen LogP contribution in [0.15, 0.2) is 73.2 Å². The van der Waals surface area contributed by atoms with Gasteiger partial charge in [0.15, 0.2) is 5.82 Å². The van der Waals surface area contributed by atoms with Gasteiger partial charge in [-0.25, -0.2) is 4.98 Å². The summed E-state index contributed by atoms with van der Waals surface area (Å²) in [6.45, 7) is 4.92.